The molecule has 0 saturated heterocycles. The second-order valence-corrected chi connectivity index (χ2v) is 2.98. The van der Waals surface area contributed by atoms with Crippen molar-refractivity contribution in [1.82, 2.24) is 0 Å². The molecule has 0 aromatic heterocycles. The van der Waals surface area contributed by atoms with Gasteiger partial charge in [0.15, 0.2) is 0 Å². The molecule has 0 fully saturated rings. The smallest absolute Gasteiger partial charge is 0.133 e. The standard InChI is InChI=1S/C9H18O2.V/c1-4-8(6-10)9(5-2)7(3)11;/h8-10H,4-6H2,1-3H3;/t8-,9+;/m1./s1. The number of aliphatic hydroxyl groups excluding tert-OH is 1. The van der Waals surface area contributed by atoms with Crippen LogP contribution in [0.5, 0.6) is 0 Å². The second kappa shape index (κ2) is 7.84. The Bertz CT molecular complexity index is 122. The molecule has 2 nitrogen and oxygen atoms in total. The third-order valence-corrected chi connectivity index (χ3v) is 2.29. The molecule has 0 amide bonds. The van der Waals surface area contributed by atoms with Crippen LogP contribution in [0.25, 0.3) is 0 Å². The maximum Gasteiger partial charge on any atom is 0.133 e. The summed E-state index contributed by atoms with van der Waals surface area (Å²) in [5.41, 5.74) is 0. The zero-order valence-electron chi connectivity index (χ0n) is 8.08. The van der Waals surface area contributed by atoms with Gasteiger partial charge in [-0.25, -0.2) is 0 Å². The fourth-order valence-corrected chi connectivity index (χ4v) is 1.49. The van der Waals surface area contributed by atoms with Crippen LogP contribution in [0.4, 0.5) is 0 Å². The zero-order valence-corrected chi connectivity index (χ0v) is 9.48. The number of aliphatic hydroxyl groups is 1. The summed E-state index contributed by atoms with van der Waals surface area (Å²) < 4.78 is 0. The van der Waals surface area contributed by atoms with E-state index in [1.165, 1.54) is 0 Å². The van der Waals surface area contributed by atoms with E-state index in [9.17, 15) is 4.79 Å². The van der Waals surface area contributed by atoms with Crippen molar-refractivity contribution >= 4 is 5.78 Å². The Morgan fingerprint density at radius 2 is 1.83 bits per heavy atom. The van der Waals surface area contributed by atoms with Gasteiger partial charge < -0.3 is 5.11 Å². The predicted molar refractivity (Wildman–Crippen MR) is 45.3 cm³/mol. The van der Waals surface area contributed by atoms with Gasteiger partial charge in [-0.05, 0) is 19.3 Å². The van der Waals surface area contributed by atoms with Crippen LogP contribution < -0.4 is 0 Å². The number of carbonyl (C=O) groups is 1. The molecule has 0 aliphatic rings. The predicted octanol–water partition coefficient (Wildman–Crippen LogP) is 1.62. The van der Waals surface area contributed by atoms with Crippen LogP contribution in [-0.4, -0.2) is 17.5 Å². The molecule has 0 rings (SSSR count). The van der Waals surface area contributed by atoms with Gasteiger partial charge in [0.2, 0.25) is 0 Å². The number of rotatable bonds is 5. The van der Waals surface area contributed by atoms with E-state index in [0.717, 1.165) is 12.8 Å². The van der Waals surface area contributed by atoms with Gasteiger partial charge in [-0.2, -0.15) is 0 Å². The first kappa shape index (κ1) is 14.7. The van der Waals surface area contributed by atoms with E-state index in [1.54, 1.807) is 6.92 Å². The molecular formula is C9H18O2V. The van der Waals surface area contributed by atoms with Gasteiger partial charge >= 0.3 is 0 Å². The first-order chi connectivity index (χ1) is 5.17. The summed E-state index contributed by atoms with van der Waals surface area (Å²) in [5, 5.41) is 8.92. The average Bonchev–Trinajstić information content (AvgIpc) is 1.99. The Hall–Kier alpha value is 0.214. The van der Waals surface area contributed by atoms with Crippen LogP contribution in [0.15, 0.2) is 0 Å². The minimum absolute atomic E-state index is 0. The van der Waals surface area contributed by atoms with Crippen molar-refractivity contribution in [3.05, 3.63) is 0 Å². The molecule has 0 bridgehead atoms. The average molecular weight is 209 g/mol. The number of hydrogen-bond acceptors (Lipinski definition) is 2. The molecule has 0 spiro atoms. The van der Waals surface area contributed by atoms with Gasteiger partial charge in [0.05, 0.1) is 0 Å². The van der Waals surface area contributed by atoms with Crippen molar-refractivity contribution < 1.29 is 28.5 Å². The van der Waals surface area contributed by atoms with Crippen LogP contribution in [0.3, 0.4) is 0 Å². The minimum atomic E-state index is 0. The van der Waals surface area contributed by atoms with Crippen LogP contribution in [-0.2, 0) is 23.4 Å². The topological polar surface area (TPSA) is 37.3 Å². The molecular weight excluding hydrogens is 191 g/mol. The van der Waals surface area contributed by atoms with Crippen molar-refractivity contribution in [1.29, 1.82) is 0 Å². The molecule has 0 heterocycles. The van der Waals surface area contributed by atoms with E-state index in [4.69, 9.17) is 5.11 Å². The fourth-order valence-electron chi connectivity index (χ4n) is 1.49. The van der Waals surface area contributed by atoms with Gasteiger partial charge in [-0.15, -0.1) is 0 Å². The fraction of sp³-hybridized carbons (Fsp3) is 0.889. The largest absolute Gasteiger partial charge is 0.396 e. The van der Waals surface area contributed by atoms with Gasteiger partial charge in [-0.1, -0.05) is 20.3 Å². The van der Waals surface area contributed by atoms with Crippen molar-refractivity contribution in [3.8, 4) is 0 Å². The van der Waals surface area contributed by atoms with Crippen molar-refractivity contribution in [2.75, 3.05) is 6.61 Å². The number of hydrogen-bond donors (Lipinski definition) is 1. The maximum absolute atomic E-state index is 11.0. The van der Waals surface area contributed by atoms with Crippen molar-refractivity contribution in [2.24, 2.45) is 11.8 Å². The van der Waals surface area contributed by atoms with E-state index in [2.05, 4.69) is 0 Å². The molecule has 2 atom stereocenters. The molecule has 0 aromatic carbocycles. The molecule has 71 valence electrons. The Labute approximate surface area is 86.6 Å². The molecule has 1 radical (unpaired) electrons. The Kier molecular flexibility index (Phi) is 9.62. The van der Waals surface area contributed by atoms with E-state index in [-0.39, 0.29) is 42.8 Å². The molecule has 0 saturated carbocycles. The van der Waals surface area contributed by atoms with Crippen molar-refractivity contribution in [3.63, 3.8) is 0 Å². The van der Waals surface area contributed by atoms with E-state index in [1.807, 2.05) is 13.8 Å². The van der Waals surface area contributed by atoms with Crippen LogP contribution in [0.2, 0.25) is 0 Å². The third-order valence-electron chi connectivity index (χ3n) is 2.29. The van der Waals surface area contributed by atoms with Gasteiger partial charge in [-0.3, -0.25) is 4.79 Å². The minimum Gasteiger partial charge on any atom is -0.396 e. The Balaban J connectivity index is 0. The molecule has 0 aliphatic heterocycles. The first-order valence-corrected chi connectivity index (χ1v) is 4.28. The van der Waals surface area contributed by atoms with Gasteiger partial charge in [0, 0.05) is 31.1 Å². The Morgan fingerprint density at radius 1 is 1.33 bits per heavy atom. The Morgan fingerprint density at radius 3 is 1.92 bits per heavy atom. The summed E-state index contributed by atoms with van der Waals surface area (Å²) in [6.07, 6.45) is 1.73. The van der Waals surface area contributed by atoms with Gasteiger partial charge in [0.25, 0.3) is 0 Å². The summed E-state index contributed by atoms with van der Waals surface area (Å²) in [6, 6.07) is 0. The molecule has 1 N–H and O–H groups in total. The van der Waals surface area contributed by atoms with Crippen molar-refractivity contribution in [2.45, 2.75) is 33.6 Å². The molecule has 0 aliphatic carbocycles. The third kappa shape index (κ3) is 4.29. The second-order valence-electron chi connectivity index (χ2n) is 2.98. The van der Waals surface area contributed by atoms with E-state index >= 15 is 0 Å². The summed E-state index contributed by atoms with van der Waals surface area (Å²) in [7, 11) is 0. The maximum atomic E-state index is 11.0. The van der Waals surface area contributed by atoms with E-state index < -0.39 is 0 Å². The van der Waals surface area contributed by atoms with Crippen LogP contribution in [0.1, 0.15) is 33.6 Å². The van der Waals surface area contributed by atoms with E-state index in [0.29, 0.717) is 0 Å². The molecule has 0 unspecified atom stereocenters. The first-order valence-electron chi connectivity index (χ1n) is 4.28. The van der Waals surface area contributed by atoms with Crippen LogP contribution in [0, 0.1) is 11.8 Å². The summed E-state index contributed by atoms with van der Waals surface area (Å²) in [6.45, 7) is 5.73. The zero-order chi connectivity index (χ0) is 8.85. The summed E-state index contributed by atoms with van der Waals surface area (Å²) in [5.74, 6) is 0.427. The summed E-state index contributed by atoms with van der Waals surface area (Å²) >= 11 is 0. The number of ketones is 1. The van der Waals surface area contributed by atoms with Crippen LogP contribution >= 0.6 is 0 Å². The quantitative estimate of drug-likeness (QED) is 0.747. The number of Topliss-reactive ketones (excluding diaryl/α,β-unsaturated/α-hetero) is 1. The normalized spacial score (nSPS) is 14.7. The summed E-state index contributed by atoms with van der Waals surface area (Å²) in [4.78, 5) is 11.0. The number of carbonyl (C=O) groups excluding carboxylic acids is 1. The van der Waals surface area contributed by atoms with Gasteiger partial charge in [0.1, 0.15) is 5.78 Å². The molecule has 0 aromatic rings. The molecule has 3 heteroatoms. The SMILES string of the molecule is CC[C@H](CO)[C@@H](CC)C(C)=O.[V]. The monoisotopic (exact) mass is 209 g/mol. The molecule has 12 heavy (non-hydrogen) atoms.